The van der Waals surface area contributed by atoms with Crippen LogP contribution in [0.3, 0.4) is 0 Å². The van der Waals surface area contributed by atoms with E-state index in [1.54, 1.807) is 6.20 Å². The lowest BCUT2D eigenvalue weighted by atomic mass is 9.87. The molecule has 1 aliphatic rings. The maximum atomic E-state index is 10.2. The second-order valence-corrected chi connectivity index (χ2v) is 4.34. The summed E-state index contributed by atoms with van der Waals surface area (Å²) in [4.78, 5) is 0. The third-order valence-corrected chi connectivity index (χ3v) is 3.15. The second kappa shape index (κ2) is 4.19. The Bertz CT molecular complexity index is 356. The van der Waals surface area contributed by atoms with Crippen LogP contribution >= 0.6 is 0 Å². The molecule has 0 bridgehead atoms. The predicted molar refractivity (Wildman–Crippen MR) is 59.5 cm³/mol. The number of aliphatic hydroxyl groups is 1. The minimum absolute atomic E-state index is 0.581. The van der Waals surface area contributed by atoms with Gasteiger partial charge in [-0.1, -0.05) is 12.2 Å². The van der Waals surface area contributed by atoms with Crippen LogP contribution in [0.25, 0.3) is 0 Å². The summed E-state index contributed by atoms with van der Waals surface area (Å²) < 4.78 is 1.87. The van der Waals surface area contributed by atoms with Crippen LogP contribution in [-0.2, 0) is 13.5 Å². The maximum absolute atomic E-state index is 10.2. The summed E-state index contributed by atoms with van der Waals surface area (Å²) in [7, 11) is 1.94. The molecule has 0 spiro atoms. The fourth-order valence-electron chi connectivity index (χ4n) is 2.11. The van der Waals surface area contributed by atoms with Crippen LogP contribution in [0.4, 0.5) is 0 Å². The Balaban J connectivity index is 1.95. The van der Waals surface area contributed by atoms with Crippen molar-refractivity contribution in [2.45, 2.75) is 37.7 Å². The first-order valence-electron chi connectivity index (χ1n) is 5.57. The maximum Gasteiger partial charge on any atom is 0.0831 e. The highest BCUT2D eigenvalue weighted by atomic mass is 16.3. The first-order valence-corrected chi connectivity index (χ1v) is 5.57. The van der Waals surface area contributed by atoms with E-state index < -0.39 is 5.60 Å². The van der Waals surface area contributed by atoms with Gasteiger partial charge >= 0.3 is 0 Å². The van der Waals surface area contributed by atoms with E-state index in [9.17, 15) is 5.11 Å². The smallest absolute Gasteiger partial charge is 0.0831 e. The number of rotatable bonds is 3. The van der Waals surface area contributed by atoms with Gasteiger partial charge in [0.25, 0.3) is 0 Å². The molecule has 15 heavy (non-hydrogen) atoms. The summed E-state index contributed by atoms with van der Waals surface area (Å²) in [5, 5.41) is 14.4. The molecule has 0 fully saturated rings. The normalized spacial score (nSPS) is 25.7. The van der Waals surface area contributed by atoms with E-state index in [-0.39, 0.29) is 0 Å². The molecule has 0 amide bonds. The first kappa shape index (κ1) is 10.4. The predicted octanol–water partition coefficient (Wildman–Crippen LogP) is 1.82. The van der Waals surface area contributed by atoms with Crippen molar-refractivity contribution >= 4 is 0 Å². The van der Waals surface area contributed by atoms with Crippen molar-refractivity contribution in [3.05, 3.63) is 30.1 Å². The van der Waals surface area contributed by atoms with Crippen LogP contribution < -0.4 is 0 Å². The zero-order chi connectivity index (χ0) is 10.7. The summed E-state index contributed by atoms with van der Waals surface area (Å²) in [5.41, 5.74) is 0.602. The molecule has 1 aromatic heterocycles. The van der Waals surface area contributed by atoms with Gasteiger partial charge in [0.2, 0.25) is 0 Å². The van der Waals surface area contributed by atoms with Gasteiger partial charge in [-0.15, -0.1) is 0 Å². The molecule has 1 N–H and O–H groups in total. The number of aryl methyl sites for hydroxylation is 2. The lowest BCUT2D eigenvalue weighted by Gasteiger charge is -2.27. The average molecular weight is 206 g/mol. The lowest BCUT2D eigenvalue weighted by molar-refractivity contribution is 0.0655. The highest BCUT2D eigenvalue weighted by Crippen LogP contribution is 2.26. The van der Waals surface area contributed by atoms with Crippen molar-refractivity contribution in [2.75, 3.05) is 0 Å². The first-order chi connectivity index (χ1) is 7.20. The zero-order valence-electron chi connectivity index (χ0n) is 9.19. The number of hydrogen-bond donors (Lipinski definition) is 1. The summed E-state index contributed by atoms with van der Waals surface area (Å²) in [6, 6.07) is 2.01. The minimum atomic E-state index is -0.581. The van der Waals surface area contributed by atoms with Crippen molar-refractivity contribution in [2.24, 2.45) is 7.05 Å². The fraction of sp³-hybridized carbons (Fsp3) is 0.583. The van der Waals surface area contributed by atoms with Crippen LogP contribution in [0.15, 0.2) is 24.4 Å². The third-order valence-electron chi connectivity index (χ3n) is 3.15. The highest BCUT2D eigenvalue weighted by molar-refractivity contribution is 5.08. The number of hydrogen-bond acceptors (Lipinski definition) is 2. The fourth-order valence-corrected chi connectivity index (χ4v) is 2.11. The van der Waals surface area contributed by atoms with Crippen molar-refractivity contribution in [1.29, 1.82) is 0 Å². The molecule has 1 aromatic rings. The molecule has 1 atom stereocenters. The second-order valence-electron chi connectivity index (χ2n) is 4.34. The number of nitrogens with zero attached hydrogens (tertiary/aromatic N) is 2. The molecule has 1 unspecified atom stereocenters. The molecule has 0 saturated heterocycles. The van der Waals surface area contributed by atoms with Crippen molar-refractivity contribution in [1.82, 2.24) is 9.78 Å². The van der Waals surface area contributed by atoms with Crippen LogP contribution in [0.1, 0.15) is 31.4 Å². The monoisotopic (exact) mass is 206 g/mol. The molecular weight excluding hydrogens is 188 g/mol. The van der Waals surface area contributed by atoms with Gasteiger partial charge < -0.3 is 5.11 Å². The molecule has 0 aromatic carbocycles. The molecule has 1 aliphatic carbocycles. The van der Waals surface area contributed by atoms with E-state index in [1.165, 1.54) is 5.69 Å². The van der Waals surface area contributed by atoms with Gasteiger partial charge in [-0.2, -0.15) is 5.10 Å². The Labute approximate surface area is 90.4 Å². The van der Waals surface area contributed by atoms with Crippen molar-refractivity contribution < 1.29 is 5.11 Å². The highest BCUT2D eigenvalue weighted by Gasteiger charge is 2.24. The Hall–Kier alpha value is -1.09. The van der Waals surface area contributed by atoms with E-state index in [4.69, 9.17) is 0 Å². The summed E-state index contributed by atoms with van der Waals surface area (Å²) in [6.45, 7) is 0. The van der Waals surface area contributed by atoms with Crippen LogP contribution in [0, 0.1) is 0 Å². The molecule has 82 valence electrons. The largest absolute Gasteiger partial charge is 0.386 e. The Morgan fingerprint density at radius 3 is 3.07 bits per heavy atom. The minimum Gasteiger partial charge on any atom is -0.386 e. The van der Waals surface area contributed by atoms with Gasteiger partial charge in [-0.05, 0) is 38.2 Å². The van der Waals surface area contributed by atoms with E-state index in [1.807, 2.05) is 23.9 Å². The summed E-state index contributed by atoms with van der Waals surface area (Å²) in [5.74, 6) is 0. The molecule has 3 heteroatoms. The number of allylic oxidation sites excluding steroid dienone is 1. The van der Waals surface area contributed by atoms with Crippen LogP contribution in [-0.4, -0.2) is 20.5 Å². The molecule has 0 saturated carbocycles. The van der Waals surface area contributed by atoms with Crippen molar-refractivity contribution in [3.8, 4) is 0 Å². The molecule has 3 nitrogen and oxygen atoms in total. The summed E-state index contributed by atoms with van der Waals surface area (Å²) >= 11 is 0. The van der Waals surface area contributed by atoms with Gasteiger partial charge in [0, 0.05) is 18.9 Å². The standard InChI is InChI=1S/C12H18N2O/c1-14-11(6-10-13-14)5-9-12(15)7-3-2-4-8-12/h3,6-7,10,15H,2,4-5,8-9H2,1H3. The molecule has 0 aliphatic heterocycles. The van der Waals surface area contributed by atoms with Crippen molar-refractivity contribution in [3.63, 3.8) is 0 Å². The summed E-state index contributed by atoms with van der Waals surface area (Å²) in [6.07, 6.45) is 10.6. The Morgan fingerprint density at radius 2 is 2.47 bits per heavy atom. The van der Waals surface area contributed by atoms with Crippen LogP contribution in [0.5, 0.6) is 0 Å². The van der Waals surface area contributed by atoms with E-state index in [2.05, 4.69) is 11.2 Å². The molecule has 2 rings (SSSR count). The van der Waals surface area contributed by atoms with Gasteiger partial charge in [0.05, 0.1) is 5.60 Å². The van der Waals surface area contributed by atoms with Gasteiger partial charge in [-0.3, -0.25) is 4.68 Å². The number of aromatic nitrogens is 2. The molecule has 1 heterocycles. The Morgan fingerprint density at radius 1 is 1.60 bits per heavy atom. The third kappa shape index (κ3) is 2.48. The van der Waals surface area contributed by atoms with E-state index in [0.29, 0.717) is 0 Å². The van der Waals surface area contributed by atoms with E-state index in [0.717, 1.165) is 32.1 Å². The van der Waals surface area contributed by atoms with Gasteiger partial charge in [0.15, 0.2) is 0 Å². The Kier molecular flexibility index (Phi) is 2.91. The van der Waals surface area contributed by atoms with Gasteiger partial charge in [-0.25, -0.2) is 0 Å². The molecule has 0 radical (unpaired) electrons. The lowest BCUT2D eigenvalue weighted by Crippen LogP contribution is -2.28. The zero-order valence-corrected chi connectivity index (χ0v) is 9.19. The SMILES string of the molecule is Cn1nccc1CCC1(O)C=CCCC1. The van der Waals surface area contributed by atoms with Crippen LogP contribution in [0.2, 0.25) is 0 Å². The molecular formula is C12H18N2O. The quantitative estimate of drug-likeness (QED) is 0.766. The average Bonchev–Trinajstić information content (AvgIpc) is 2.62. The van der Waals surface area contributed by atoms with Gasteiger partial charge in [0.1, 0.15) is 0 Å². The topological polar surface area (TPSA) is 38.0 Å². The van der Waals surface area contributed by atoms with E-state index >= 15 is 0 Å².